The molecule has 12 aromatic rings. The topological polar surface area (TPSA) is 16.4 Å². The molecular formula is C62H41NO. The van der Waals surface area contributed by atoms with Gasteiger partial charge < -0.3 is 9.32 Å². The van der Waals surface area contributed by atoms with Crippen molar-refractivity contribution in [3.8, 4) is 55.6 Å². The molecule has 2 heteroatoms. The SMILES string of the molecule is c1ccc(-c2cccc(-c3ccc(N(c4ccc(-c5cccc(-c6ccc7ccccc7c6)c5)cc4)c4ccccc4-c4cccc5oc6c7ccccc7ccc6c45)cc3)c2)cc1. The second kappa shape index (κ2) is 15.8. The smallest absolute Gasteiger partial charge is 0.143 e. The Morgan fingerprint density at radius 2 is 0.766 bits per heavy atom. The Labute approximate surface area is 372 Å². The van der Waals surface area contributed by atoms with Gasteiger partial charge in [0.25, 0.3) is 0 Å². The summed E-state index contributed by atoms with van der Waals surface area (Å²) in [6.45, 7) is 0. The van der Waals surface area contributed by atoms with Crippen LogP contribution in [0.15, 0.2) is 253 Å². The summed E-state index contributed by atoms with van der Waals surface area (Å²) in [6.07, 6.45) is 0. The molecule has 1 heterocycles. The monoisotopic (exact) mass is 815 g/mol. The molecule has 11 aromatic carbocycles. The molecule has 0 bridgehead atoms. The first-order valence-corrected chi connectivity index (χ1v) is 21.9. The average molecular weight is 816 g/mol. The van der Waals surface area contributed by atoms with Gasteiger partial charge in [-0.15, -0.1) is 0 Å². The van der Waals surface area contributed by atoms with E-state index in [1.54, 1.807) is 0 Å². The van der Waals surface area contributed by atoms with Gasteiger partial charge in [-0.2, -0.15) is 0 Å². The zero-order valence-electron chi connectivity index (χ0n) is 35.0. The number of para-hydroxylation sites is 1. The fourth-order valence-corrected chi connectivity index (χ4v) is 9.46. The van der Waals surface area contributed by atoms with E-state index in [4.69, 9.17) is 4.42 Å². The van der Waals surface area contributed by atoms with E-state index in [9.17, 15) is 0 Å². The van der Waals surface area contributed by atoms with Gasteiger partial charge in [0.2, 0.25) is 0 Å². The van der Waals surface area contributed by atoms with Crippen LogP contribution in [0.25, 0.3) is 99.1 Å². The number of hydrogen-bond acceptors (Lipinski definition) is 2. The normalized spacial score (nSPS) is 11.4. The lowest BCUT2D eigenvalue weighted by atomic mass is 9.95. The molecule has 1 aromatic heterocycles. The van der Waals surface area contributed by atoms with Crippen LogP contribution in [0.3, 0.4) is 0 Å². The molecule has 0 radical (unpaired) electrons. The van der Waals surface area contributed by atoms with Crippen LogP contribution >= 0.6 is 0 Å². The van der Waals surface area contributed by atoms with Gasteiger partial charge in [-0.1, -0.05) is 188 Å². The number of benzene rings is 11. The first-order valence-electron chi connectivity index (χ1n) is 21.9. The van der Waals surface area contributed by atoms with Crippen molar-refractivity contribution in [1.82, 2.24) is 0 Å². The Morgan fingerprint density at radius 1 is 0.281 bits per heavy atom. The van der Waals surface area contributed by atoms with E-state index in [1.807, 2.05) is 0 Å². The Morgan fingerprint density at radius 3 is 1.47 bits per heavy atom. The van der Waals surface area contributed by atoms with Gasteiger partial charge in [0.1, 0.15) is 11.2 Å². The summed E-state index contributed by atoms with van der Waals surface area (Å²) in [7, 11) is 0. The third-order valence-electron chi connectivity index (χ3n) is 12.7. The number of anilines is 3. The molecule has 300 valence electrons. The standard InChI is InChI=1S/C62H41NO/c1-2-13-42(14-3-1)48-18-10-19-49(39-48)44-29-34-53(35-30-44)63(54-36-31-45(32-37-54)50-20-11-21-51(40-50)52-28-27-43-15-4-5-17-47(43)41-52)59-25-9-8-23-56(59)57-24-12-26-60-61(57)58-38-33-46-16-6-7-22-55(46)62(58)64-60/h1-41H. The number of hydrogen-bond donors (Lipinski definition) is 0. The van der Waals surface area contributed by atoms with Crippen molar-refractivity contribution in [3.05, 3.63) is 249 Å². The fourth-order valence-electron chi connectivity index (χ4n) is 9.46. The van der Waals surface area contributed by atoms with Crippen molar-refractivity contribution in [2.24, 2.45) is 0 Å². The first kappa shape index (κ1) is 37.3. The average Bonchev–Trinajstić information content (AvgIpc) is 3.77. The van der Waals surface area contributed by atoms with E-state index in [1.165, 1.54) is 55.1 Å². The van der Waals surface area contributed by atoms with Crippen molar-refractivity contribution in [2.45, 2.75) is 0 Å². The molecule has 0 spiro atoms. The summed E-state index contributed by atoms with van der Waals surface area (Å²) < 4.78 is 6.69. The van der Waals surface area contributed by atoms with Crippen LogP contribution in [-0.2, 0) is 0 Å². The maximum atomic E-state index is 6.69. The third kappa shape index (κ3) is 6.70. The van der Waals surface area contributed by atoms with Crippen LogP contribution in [0.1, 0.15) is 0 Å². The molecule has 0 unspecified atom stereocenters. The van der Waals surface area contributed by atoms with E-state index in [0.717, 1.165) is 61.1 Å². The number of nitrogens with zero attached hydrogens (tertiary/aromatic N) is 1. The summed E-state index contributed by atoms with van der Waals surface area (Å²) in [5.74, 6) is 0. The first-order chi connectivity index (χ1) is 31.7. The number of fused-ring (bicyclic) bond motifs is 6. The minimum Gasteiger partial charge on any atom is -0.455 e. The summed E-state index contributed by atoms with van der Waals surface area (Å²) in [5, 5.41) is 7.01. The minimum absolute atomic E-state index is 0.877. The van der Waals surface area contributed by atoms with E-state index < -0.39 is 0 Å². The Hall–Kier alpha value is -8.46. The van der Waals surface area contributed by atoms with Crippen LogP contribution < -0.4 is 4.90 Å². The Bertz CT molecular complexity index is 3660. The third-order valence-corrected chi connectivity index (χ3v) is 12.7. The molecule has 12 rings (SSSR count). The lowest BCUT2D eigenvalue weighted by Gasteiger charge is -2.28. The van der Waals surface area contributed by atoms with Gasteiger partial charge in [-0.3, -0.25) is 0 Å². The van der Waals surface area contributed by atoms with Crippen molar-refractivity contribution in [2.75, 3.05) is 4.90 Å². The zero-order chi connectivity index (χ0) is 42.4. The lowest BCUT2D eigenvalue weighted by molar-refractivity contribution is 0.673. The second-order valence-corrected chi connectivity index (χ2v) is 16.5. The summed E-state index contributed by atoms with van der Waals surface area (Å²) in [5.41, 5.74) is 16.8. The molecule has 0 atom stereocenters. The van der Waals surface area contributed by atoms with Crippen molar-refractivity contribution in [1.29, 1.82) is 0 Å². The molecule has 64 heavy (non-hydrogen) atoms. The summed E-state index contributed by atoms with van der Waals surface area (Å²) >= 11 is 0. The maximum Gasteiger partial charge on any atom is 0.143 e. The van der Waals surface area contributed by atoms with Gasteiger partial charge in [0, 0.05) is 33.1 Å². The highest BCUT2D eigenvalue weighted by Crippen LogP contribution is 2.46. The van der Waals surface area contributed by atoms with Crippen molar-refractivity contribution >= 4 is 60.5 Å². The highest BCUT2D eigenvalue weighted by Gasteiger charge is 2.21. The zero-order valence-corrected chi connectivity index (χ0v) is 35.0. The van der Waals surface area contributed by atoms with Crippen LogP contribution in [0.2, 0.25) is 0 Å². The summed E-state index contributed by atoms with van der Waals surface area (Å²) in [6, 6.07) is 89.6. The lowest BCUT2D eigenvalue weighted by Crippen LogP contribution is -2.11. The highest BCUT2D eigenvalue weighted by molar-refractivity contribution is 6.19. The molecule has 0 aliphatic rings. The van der Waals surface area contributed by atoms with Gasteiger partial charge >= 0.3 is 0 Å². The maximum absolute atomic E-state index is 6.69. The fraction of sp³-hybridized carbons (Fsp3) is 0. The van der Waals surface area contributed by atoms with Crippen LogP contribution in [0.4, 0.5) is 17.1 Å². The minimum atomic E-state index is 0.877. The van der Waals surface area contributed by atoms with Gasteiger partial charge in [0.05, 0.1) is 5.69 Å². The van der Waals surface area contributed by atoms with Crippen molar-refractivity contribution < 1.29 is 4.42 Å². The Balaban J connectivity index is 0.976. The molecule has 0 fully saturated rings. The molecule has 0 amide bonds. The highest BCUT2D eigenvalue weighted by atomic mass is 16.3. The molecule has 0 aliphatic heterocycles. The van der Waals surface area contributed by atoms with Crippen LogP contribution in [0, 0.1) is 0 Å². The van der Waals surface area contributed by atoms with E-state index in [0.29, 0.717) is 0 Å². The predicted molar refractivity (Wildman–Crippen MR) is 271 cm³/mol. The number of furan rings is 1. The van der Waals surface area contributed by atoms with Crippen molar-refractivity contribution in [3.63, 3.8) is 0 Å². The molecule has 0 saturated carbocycles. The molecule has 0 N–H and O–H groups in total. The quantitative estimate of drug-likeness (QED) is 0.152. The molecular weight excluding hydrogens is 775 g/mol. The Kier molecular flexibility index (Phi) is 9.20. The molecule has 0 aliphatic carbocycles. The van der Waals surface area contributed by atoms with Gasteiger partial charge in [-0.25, -0.2) is 0 Å². The van der Waals surface area contributed by atoms with E-state index in [2.05, 4.69) is 254 Å². The largest absolute Gasteiger partial charge is 0.455 e. The number of rotatable bonds is 8. The van der Waals surface area contributed by atoms with E-state index in [-0.39, 0.29) is 0 Å². The summed E-state index contributed by atoms with van der Waals surface area (Å²) in [4.78, 5) is 2.39. The van der Waals surface area contributed by atoms with Gasteiger partial charge in [-0.05, 0) is 127 Å². The molecule has 0 saturated heterocycles. The van der Waals surface area contributed by atoms with Gasteiger partial charge in [0.15, 0.2) is 0 Å². The predicted octanol–water partition coefficient (Wildman–Crippen LogP) is 17.7. The van der Waals surface area contributed by atoms with Crippen LogP contribution in [-0.4, -0.2) is 0 Å². The van der Waals surface area contributed by atoms with Crippen LogP contribution in [0.5, 0.6) is 0 Å². The molecule has 2 nitrogen and oxygen atoms in total. The second-order valence-electron chi connectivity index (χ2n) is 16.5. The van der Waals surface area contributed by atoms with E-state index >= 15 is 0 Å².